The number of rotatable bonds is 4. The van der Waals surface area contributed by atoms with Crippen LogP contribution < -0.4 is 0 Å². The molecule has 5 nitrogen and oxygen atoms in total. The van der Waals surface area contributed by atoms with Crippen LogP contribution in [0.15, 0.2) is 35.7 Å². The van der Waals surface area contributed by atoms with Gasteiger partial charge in [-0.05, 0) is 12.3 Å². The van der Waals surface area contributed by atoms with Crippen LogP contribution in [0.3, 0.4) is 0 Å². The number of nitriles is 1. The Hall–Kier alpha value is -2.52. The zero-order chi connectivity index (χ0) is 15.5. The lowest BCUT2D eigenvalue weighted by atomic mass is 10.1. The Balaban J connectivity index is 2.01. The SMILES string of the molecule is CC(C)Cc1c(C#N)nnn1-c1nc(-c2ccccc2)cs1. The number of nitrogens with zero attached hydrogens (tertiary/aromatic N) is 5. The summed E-state index contributed by atoms with van der Waals surface area (Å²) in [6, 6.07) is 12.1. The lowest BCUT2D eigenvalue weighted by molar-refractivity contribution is 0.613. The topological polar surface area (TPSA) is 67.4 Å². The van der Waals surface area contributed by atoms with Crippen LogP contribution in [0, 0.1) is 17.2 Å². The molecule has 0 atom stereocenters. The van der Waals surface area contributed by atoms with Crippen molar-refractivity contribution in [1.29, 1.82) is 5.26 Å². The van der Waals surface area contributed by atoms with E-state index >= 15 is 0 Å². The third-order valence-electron chi connectivity index (χ3n) is 3.21. The number of thiazole rings is 1. The minimum atomic E-state index is 0.380. The van der Waals surface area contributed by atoms with Gasteiger partial charge in [0.1, 0.15) is 6.07 Å². The minimum Gasteiger partial charge on any atom is -0.218 e. The summed E-state index contributed by atoms with van der Waals surface area (Å²) in [4.78, 5) is 4.64. The van der Waals surface area contributed by atoms with Gasteiger partial charge in [0, 0.05) is 10.9 Å². The van der Waals surface area contributed by atoms with Crippen molar-refractivity contribution in [2.75, 3.05) is 0 Å². The van der Waals surface area contributed by atoms with Crippen LogP contribution in [0.25, 0.3) is 16.4 Å². The van der Waals surface area contributed by atoms with Gasteiger partial charge in [0.25, 0.3) is 0 Å². The number of hydrogen-bond donors (Lipinski definition) is 0. The molecule has 0 aliphatic carbocycles. The van der Waals surface area contributed by atoms with E-state index in [-0.39, 0.29) is 0 Å². The maximum absolute atomic E-state index is 9.19. The van der Waals surface area contributed by atoms with Crippen LogP contribution in [0.4, 0.5) is 0 Å². The standard InChI is InChI=1S/C16H15N5S/c1-11(2)8-15-13(9-17)19-20-21(15)16-18-14(10-22-16)12-6-4-3-5-7-12/h3-7,10-11H,8H2,1-2H3. The van der Waals surface area contributed by atoms with Crippen molar-refractivity contribution in [2.45, 2.75) is 20.3 Å². The fourth-order valence-electron chi connectivity index (χ4n) is 2.21. The first-order valence-corrected chi connectivity index (χ1v) is 7.93. The summed E-state index contributed by atoms with van der Waals surface area (Å²) < 4.78 is 1.69. The third-order valence-corrected chi connectivity index (χ3v) is 4.03. The second-order valence-electron chi connectivity index (χ2n) is 5.39. The molecule has 22 heavy (non-hydrogen) atoms. The summed E-state index contributed by atoms with van der Waals surface area (Å²) >= 11 is 1.50. The highest BCUT2D eigenvalue weighted by molar-refractivity contribution is 7.12. The van der Waals surface area contributed by atoms with Gasteiger partial charge >= 0.3 is 0 Å². The summed E-state index contributed by atoms with van der Waals surface area (Å²) in [6.45, 7) is 4.21. The first-order valence-electron chi connectivity index (χ1n) is 7.05. The van der Waals surface area contributed by atoms with Crippen LogP contribution in [0.2, 0.25) is 0 Å². The Kier molecular flexibility index (Phi) is 3.98. The highest BCUT2D eigenvalue weighted by Crippen LogP contribution is 2.25. The molecule has 0 saturated heterocycles. The smallest absolute Gasteiger partial charge is 0.212 e. The highest BCUT2D eigenvalue weighted by atomic mass is 32.1. The monoisotopic (exact) mass is 309 g/mol. The molecule has 0 radical (unpaired) electrons. The first kappa shape index (κ1) is 14.4. The van der Waals surface area contributed by atoms with E-state index in [2.05, 4.69) is 35.2 Å². The average molecular weight is 309 g/mol. The average Bonchev–Trinajstić information content (AvgIpc) is 3.14. The molecule has 0 spiro atoms. The van der Waals surface area contributed by atoms with Gasteiger partial charge in [-0.25, -0.2) is 4.98 Å². The van der Waals surface area contributed by atoms with Gasteiger partial charge in [-0.15, -0.1) is 16.4 Å². The molecule has 0 saturated carbocycles. The second-order valence-corrected chi connectivity index (χ2v) is 6.22. The van der Waals surface area contributed by atoms with Gasteiger partial charge in [-0.2, -0.15) is 9.94 Å². The van der Waals surface area contributed by atoms with Gasteiger partial charge in [0.2, 0.25) is 5.13 Å². The molecule has 0 aliphatic heterocycles. The van der Waals surface area contributed by atoms with Gasteiger partial charge in [0.05, 0.1) is 11.4 Å². The van der Waals surface area contributed by atoms with Crippen molar-refractivity contribution in [3.63, 3.8) is 0 Å². The van der Waals surface area contributed by atoms with Crippen molar-refractivity contribution in [1.82, 2.24) is 20.0 Å². The predicted octanol–water partition coefficient (Wildman–Crippen LogP) is 3.46. The molecule has 0 bridgehead atoms. The van der Waals surface area contributed by atoms with Gasteiger partial charge in [-0.1, -0.05) is 49.4 Å². The van der Waals surface area contributed by atoms with E-state index in [1.54, 1.807) is 4.68 Å². The van der Waals surface area contributed by atoms with Crippen molar-refractivity contribution < 1.29 is 0 Å². The molecule has 2 aromatic heterocycles. The number of hydrogen-bond acceptors (Lipinski definition) is 5. The van der Waals surface area contributed by atoms with E-state index < -0.39 is 0 Å². The fourth-order valence-corrected chi connectivity index (χ4v) is 3.02. The largest absolute Gasteiger partial charge is 0.218 e. The second kappa shape index (κ2) is 6.08. The summed E-state index contributed by atoms with van der Waals surface area (Å²) in [7, 11) is 0. The Morgan fingerprint density at radius 2 is 2.05 bits per heavy atom. The molecule has 3 rings (SSSR count). The van der Waals surface area contributed by atoms with E-state index in [1.165, 1.54) is 11.3 Å². The van der Waals surface area contributed by atoms with Crippen LogP contribution in [0.5, 0.6) is 0 Å². The summed E-state index contributed by atoms with van der Waals surface area (Å²) in [5.41, 5.74) is 3.18. The third kappa shape index (κ3) is 2.76. The van der Waals surface area contributed by atoms with Crippen molar-refractivity contribution in [3.05, 3.63) is 47.1 Å². The summed E-state index contributed by atoms with van der Waals surface area (Å²) in [5, 5.41) is 20.0. The maximum Gasteiger partial charge on any atom is 0.212 e. The Bertz CT molecular complexity index is 811. The number of aromatic nitrogens is 4. The molecule has 0 unspecified atom stereocenters. The minimum absolute atomic E-state index is 0.380. The Labute approximate surface area is 132 Å². The lowest BCUT2D eigenvalue weighted by Gasteiger charge is -2.05. The van der Waals surface area contributed by atoms with Crippen molar-refractivity contribution in [3.8, 4) is 22.5 Å². The van der Waals surface area contributed by atoms with E-state index in [0.29, 0.717) is 11.6 Å². The molecule has 0 N–H and O–H groups in total. The van der Waals surface area contributed by atoms with Gasteiger partial charge in [0.15, 0.2) is 5.69 Å². The normalized spacial score (nSPS) is 10.8. The molecule has 1 aromatic carbocycles. The molecular weight excluding hydrogens is 294 g/mol. The molecular formula is C16H15N5S. The summed E-state index contributed by atoms with van der Waals surface area (Å²) in [5.74, 6) is 0.415. The molecule has 2 heterocycles. The van der Waals surface area contributed by atoms with Crippen molar-refractivity contribution in [2.24, 2.45) is 5.92 Å². The van der Waals surface area contributed by atoms with Crippen LogP contribution in [0.1, 0.15) is 25.2 Å². The van der Waals surface area contributed by atoms with Gasteiger partial charge < -0.3 is 0 Å². The van der Waals surface area contributed by atoms with Crippen LogP contribution >= 0.6 is 11.3 Å². The maximum atomic E-state index is 9.19. The molecule has 6 heteroatoms. The first-order chi connectivity index (χ1) is 10.7. The van der Waals surface area contributed by atoms with E-state index in [9.17, 15) is 5.26 Å². The van der Waals surface area contributed by atoms with Gasteiger partial charge in [-0.3, -0.25) is 0 Å². The zero-order valence-electron chi connectivity index (χ0n) is 12.4. The fraction of sp³-hybridized carbons (Fsp3) is 0.250. The van der Waals surface area contributed by atoms with E-state index in [1.807, 2.05) is 35.7 Å². The van der Waals surface area contributed by atoms with Crippen LogP contribution in [-0.2, 0) is 6.42 Å². The number of benzene rings is 1. The Morgan fingerprint density at radius 1 is 1.27 bits per heavy atom. The van der Waals surface area contributed by atoms with E-state index in [0.717, 1.165) is 28.5 Å². The molecule has 110 valence electrons. The molecule has 3 aromatic rings. The molecule has 0 fully saturated rings. The lowest BCUT2D eigenvalue weighted by Crippen LogP contribution is -2.06. The Morgan fingerprint density at radius 3 is 2.73 bits per heavy atom. The predicted molar refractivity (Wildman–Crippen MR) is 85.7 cm³/mol. The molecule has 0 aliphatic rings. The van der Waals surface area contributed by atoms with Crippen molar-refractivity contribution >= 4 is 11.3 Å². The summed E-state index contributed by atoms with van der Waals surface area (Å²) in [6.07, 6.45) is 0.746. The van der Waals surface area contributed by atoms with E-state index in [4.69, 9.17) is 0 Å². The zero-order valence-corrected chi connectivity index (χ0v) is 13.2. The quantitative estimate of drug-likeness (QED) is 0.740. The molecule has 0 amide bonds. The van der Waals surface area contributed by atoms with Crippen LogP contribution in [-0.4, -0.2) is 20.0 Å². The highest BCUT2D eigenvalue weighted by Gasteiger charge is 2.17.